The van der Waals surface area contributed by atoms with Crippen LogP contribution >= 0.6 is 0 Å². The number of fused-ring (bicyclic) bond motifs is 4. The summed E-state index contributed by atoms with van der Waals surface area (Å²) in [6.07, 6.45) is 0.959. The van der Waals surface area contributed by atoms with Crippen LogP contribution in [0.4, 0.5) is 4.79 Å². The number of rotatable bonds is 7. The number of aliphatic carboxylic acids is 1. The van der Waals surface area contributed by atoms with E-state index in [1.165, 1.54) is 11.1 Å². The second-order valence-corrected chi connectivity index (χ2v) is 9.25. The summed E-state index contributed by atoms with van der Waals surface area (Å²) in [5.41, 5.74) is 4.63. The predicted molar refractivity (Wildman–Crippen MR) is 122 cm³/mol. The van der Waals surface area contributed by atoms with Gasteiger partial charge in [-0.25, -0.2) is 4.79 Å². The van der Waals surface area contributed by atoms with E-state index >= 15 is 0 Å². The minimum absolute atomic E-state index is 0.0192. The van der Waals surface area contributed by atoms with Crippen molar-refractivity contribution < 1.29 is 24.2 Å². The molecule has 3 unspecified atom stereocenters. The number of benzene rings is 2. The standard InChI is InChI=1S/C26H28N2O5/c1-2-16(12-23(29)28-13-15-11-22(28)24(15)25(30)31)27-26(32)33-14-21-19-9-5-3-7-17(19)18-8-4-6-10-20(18)21/h3-10,15-16,21-22,24H,2,11-14H2,1H3,(H,27,32)(H,30,31)/t15?,16-,22?,24?/m0/s1. The number of carbonyl (C=O) groups is 3. The number of ether oxygens (including phenoxy) is 1. The monoisotopic (exact) mass is 448 g/mol. The minimum atomic E-state index is -0.824. The molecule has 7 nitrogen and oxygen atoms in total. The van der Waals surface area contributed by atoms with Gasteiger partial charge in [0, 0.05) is 31.0 Å². The molecule has 0 aromatic heterocycles. The summed E-state index contributed by atoms with van der Waals surface area (Å²) in [5, 5.41) is 12.2. The van der Waals surface area contributed by atoms with Crippen LogP contribution in [0.15, 0.2) is 48.5 Å². The maximum atomic E-state index is 12.8. The molecule has 2 saturated heterocycles. The van der Waals surface area contributed by atoms with Crippen molar-refractivity contribution in [2.24, 2.45) is 11.8 Å². The molecule has 1 saturated carbocycles. The lowest BCUT2D eigenvalue weighted by molar-refractivity contribution is -0.148. The van der Waals surface area contributed by atoms with E-state index in [0.717, 1.165) is 17.5 Å². The predicted octanol–water partition coefficient (Wildman–Crippen LogP) is 3.63. The first-order valence-corrected chi connectivity index (χ1v) is 11.6. The Balaban J connectivity index is 1.17. The number of carboxylic acids is 1. The highest BCUT2D eigenvalue weighted by Crippen LogP contribution is 2.47. The van der Waals surface area contributed by atoms with Crippen molar-refractivity contribution in [3.8, 4) is 11.1 Å². The summed E-state index contributed by atoms with van der Waals surface area (Å²) in [5.74, 6) is -1.32. The Morgan fingerprint density at radius 1 is 1.09 bits per heavy atom. The number of carbonyl (C=O) groups excluding carboxylic acids is 2. The van der Waals surface area contributed by atoms with Crippen LogP contribution in [-0.4, -0.2) is 53.2 Å². The second-order valence-electron chi connectivity index (χ2n) is 9.25. The highest BCUT2D eigenvalue weighted by molar-refractivity contribution is 5.82. The van der Waals surface area contributed by atoms with E-state index in [1.54, 1.807) is 4.90 Å². The van der Waals surface area contributed by atoms with Crippen molar-refractivity contribution in [1.82, 2.24) is 10.2 Å². The zero-order valence-electron chi connectivity index (χ0n) is 18.6. The normalized spacial score (nSPS) is 23.3. The maximum absolute atomic E-state index is 12.8. The third-order valence-electron chi connectivity index (χ3n) is 7.48. The molecule has 2 heterocycles. The van der Waals surface area contributed by atoms with E-state index < -0.39 is 18.0 Å². The van der Waals surface area contributed by atoms with Crippen molar-refractivity contribution in [2.45, 2.75) is 44.2 Å². The third kappa shape index (κ3) is 3.75. The van der Waals surface area contributed by atoms with Crippen molar-refractivity contribution in [1.29, 1.82) is 0 Å². The number of carboxylic acid groups (broad SMARTS) is 1. The molecular weight excluding hydrogens is 420 g/mol. The van der Waals surface area contributed by atoms with Crippen molar-refractivity contribution in [2.75, 3.05) is 13.2 Å². The van der Waals surface area contributed by atoms with Gasteiger partial charge in [0.05, 0.1) is 5.92 Å². The Kier molecular flexibility index (Phi) is 5.56. The summed E-state index contributed by atoms with van der Waals surface area (Å²) in [7, 11) is 0. The summed E-state index contributed by atoms with van der Waals surface area (Å²) < 4.78 is 5.60. The Labute approximate surface area is 192 Å². The number of nitrogens with zero attached hydrogens (tertiary/aromatic N) is 1. The van der Waals surface area contributed by atoms with Crippen LogP contribution in [0.3, 0.4) is 0 Å². The largest absolute Gasteiger partial charge is 0.481 e. The van der Waals surface area contributed by atoms with Crippen molar-refractivity contribution >= 4 is 18.0 Å². The van der Waals surface area contributed by atoms with Gasteiger partial charge >= 0.3 is 12.1 Å². The first-order valence-electron chi connectivity index (χ1n) is 11.6. The van der Waals surface area contributed by atoms with Gasteiger partial charge in [0.2, 0.25) is 5.91 Å². The molecule has 0 radical (unpaired) electrons. The lowest BCUT2D eigenvalue weighted by Gasteiger charge is -2.33. The average molecular weight is 449 g/mol. The lowest BCUT2D eigenvalue weighted by atomic mass is 9.74. The van der Waals surface area contributed by atoms with Crippen LogP contribution in [-0.2, 0) is 14.3 Å². The van der Waals surface area contributed by atoms with Gasteiger partial charge in [0.15, 0.2) is 0 Å². The molecule has 2 N–H and O–H groups in total. The first-order chi connectivity index (χ1) is 16.0. The van der Waals surface area contributed by atoms with Gasteiger partial charge in [-0.3, -0.25) is 9.59 Å². The molecular formula is C26H28N2O5. The number of amides is 2. The quantitative estimate of drug-likeness (QED) is 0.674. The van der Waals surface area contributed by atoms with E-state index in [1.807, 2.05) is 31.2 Å². The van der Waals surface area contributed by atoms with Crippen LogP contribution in [0, 0.1) is 11.8 Å². The lowest BCUT2D eigenvalue weighted by Crippen LogP contribution is -2.46. The van der Waals surface area contributed by atoms with Gasteiger partial charge < -0.3 is 20.1 Å². The van der Waals surface area contributed by atoms with Gasteiger partial charge in [-0.15, -0.1) is 0 Å². The van der Waals surface area contributed by atoms with Gasteiger partial charge in [0.25, 0.3) is 0 Å². The Morgan fingerprint density at radius 2 is 1.73 bits per heavy atom. The van der Waals surface area contributed by atoms with Gasteiger partial charge in [-0.2, -0.15) is 0 Å². The van der Waals surface area contributed by atoms with Crippen LogP contribution < -0.4 is 5.32 Å². The van der Waals surface area contributed by atoms with Gasteiger partial charge in [0.1, 0.15) is 6.61 Å². The maximum Gasteiger partial charge on any atom is 0.407 e. The van der Waals surface area contributed by atoms with E-state index in [-0.39, 0.29) is 42.9 Å². The highest BCUT2D eigenvalue weighted by Gasteiger charge is 2.57. The van der Waals surface area contributed by atoms with Crippen molar-refractivity contribution in [3.63, 3.8) is 0 Å². The zero-order chi connectivity index (χ0) is 23.1. The summed E-state index contributed by atoms with van der Waals surface area (Å²) >= 11 is 0. The van der Waals surface area contributed by atoms with Crippen LogP contribution in [0.2, 0.25) is 0 Å². The number of hydrogen-bond donors (Lipinski definition) is 2. The van der Waals surface area contributed by atoms with E-state index in [9.17, 15) is 19.5 Å². The smallest absolute Gasteiger partial charge is 0.407 e. The third-order valence-corrected chi connectivity index (χ3v) is 7.48. The summed E-state index contributed by atoms with van der Waals surface area (Å²) in [6, 6.07) is 15.8. The molecule has 2 aliphatic heterocycles. The van der Waals surface area contributed by atoms with Crippen molar-refractivity contribution in [3.05, 3.63) is 59.7 Å². The number of alkyl carbamates (subject to hydrolysis) is 1. The summed E-state index contributed by atoms with van der Waals surface area (Å²) in [6.45, 7) is 2.63. The fourth-order valence-corrected chi connectivity index (χ4v) is 5.70. The Bertz CT molecular complexity index is 1050. The molecule has 2 aromatic rings. The minimum Gasteiger partial charge on any atom is -0.481 e. The zero-order valence-corrected chi connectivity index (χ0v) is 18.6. The highest BCUT2D eigenvalue weighted by atomic mass is 16.5. The Morgan fingerprint density at radius 3 is 2.30 bits per heavy atom. The molecule has 172 valence electrons. The van der Waals surface area contributed by atoms with E-state index in [2.05, 4.69) is 29.6 Å². The number of nitrogens with one attached hydrogen (secondary N) is 1. The molecule has 4 atom stereocenters. The summed E-state index contributed by atoms with van der Waals surface area (Å²) in [4.78, 5) is 38.4. The molecule has 33 heavy (non-hydrogen) atoms. The van der Waals surface area contributed by atoms with Crippen LogP contribution in [0.1, 0.15) is 43.2 Å². The molecule has 0 spiro atoms. The van der Waals surface area contributed by atoms with E-state index in [4.69, 9.17) is 4.74 Å². The molecule has 2 bridgehead atoms. The van der Waals surface area contributed by atoms with Gasteiger partial charge in [-0.05, 0) is 41.0 Å². The average Bonchev–Trinajstić information content (AvgIpc) is 3.48. The van der Waals surface area contributed by atoms with Gasteiger partial charge in [-0.1, -0.05) is 55.5 Å². The van der Waals surface area contributed by atoms with E-state index in [0.29, 0.717) is 13.0 Å². The molecule has 6 rings (SSSR count). The molecule has 2 amide bonds. The van der Waals surface area contributed by atoms with Crippen LogP contribution in [0.25, 0.3) is 11.1 Å². The molecule has 2 aliphatic carbocycles. The fraction of sp³-hybridized carbons (Fsp3) is 0.423. The molecule has 7 heteroatoms. The molecule has 2 aromatic carbocycles. The fourth-order valence-electron chi connectivity index (χ4n) is 5.70. The van der Waals surface area contributed by atoms with Crippen LogP contribution in [0.5, 0.6) is 0 Å². The second kappa shape index (κ2) is 8.54. The Hall–Kier alpha value is -3.35. The topological polar surface area (TPSA) is 95.9 Å². The molecule has 3 fully saturated rings. The SMILES string of the molecule is CC[C@@H](CC(=O)N1CC2CC1C2C(=O)O)NC(=O)OCC1c2ccccc2-c2ccccc21. The number of hydrogen-bond acceptors (Lipinski definition) is 4. The first kappa shape index (κ1) is 21.5. The molecule has 4 aliphatic rings.